The highest BCUT2D eigenvalue weighted by Crippen LogP contribution is 2.35. The van der Waals surface area contributed by atoms with Crippen LogP contribution in [0.2, 0.25) is 0 Å². The van der Waals surface area contributed by atoms with E-state index in [4.69, 9.17) is 0 Å². The summed E-state index contributed by atoms with van der Waals surface area (Å²) in [5, 5.41) is 9.28. The summed E-state index contributed by atoms with van der Waals surface area (Å²) in [5.74, 6) is 0.738. The highest BCUT2D eigenvalue weighted by atomic mass is 16.4. The Hall–Kier alpha value is -1.06. The van der Waals surface area contributed by atoms with Gasteiger partial charge in [-0.2, -0.15) is 0 Å². The Balaban J connectivity index is 1.95. The Bertz CT molecular complexity index is 359. The van der Waals surface area contributed by atoms with Crippen molar-refractivity contribution in [3.63, 3.8) is 0 Å². The van der Waals surface area contributed by atoms with Gasteiger partial charge in [-0.15, -0.1) is 0 Å². The molecule has 1 amide bonds. The number of carbonyl (C=O) groups excluding carboxylic acids is 1. The number of piperidine rings is 1. The number of nitrogens with zero attached hydrogens (tertiary/aromatic N) is 1. The van der Waals surface area contributed by atoms with Crippen LogP contribution < -0.4 is 0 Å². The van der Waals surface area contributed by atoms with Crippen molar-refractivity contribution in [1.82, 2.24) is 4.90 Å². The van der Waals surface area contributed by atoms with Crippen molar-refractivity contribution in [2.75, 3.05) is 6.54 Å². The molecule has 1 saturated heterocycles. The first kappa shape index (κ1) is 15.3. The summed E-state index contributed by atoms with van der Waals surface area (Å²) in [5.41, 5.74) is 0. The maximum Gasteiger partial charge on any atom is 0.326 e. The van der Waals surface area contributed by atoms with Crippen LogP contribution in [0.4, 0.5) is 0 Å². The molecule has 2 rings (SSSR count). The van der Waals surface area contributed by atoms with E-state index in [2.05, 4.69) is 13.8 Å². The molecule has 4 nitrogen and oxygen atoms in total. The number of rotatable bonds is 3. The summed E-state index contributed by atoms with van der Waals surface area (Å²) in [6, 6.07) is -0.584. The van der Waals surface area contributed by atoms with E-state index in [0.29, 0.717) is 18.9 Å². The van der Waals surface area contributed by atoms with E-state index >= 15 is 0 Å². The van der Waals surface area contributed by atoms with Crippen LogP contribution in [-0.2, 0) is 9.59 Å². The molecule has 1 aliphatic heterocycles. The molecule has 4 heteroatoms. The van der Waals surface area contributed by atoms with Gasteiger partial charge in [-0.25, -0.2) is 4.79 Å². The number of hydrogen-bond acceptors (Lipinski definition) is 2. The fourth-order valence-electron chi connectivity index (χ4n) is 3.72. The van der Waals surface area contributed by atoms with Gasteiger partial charge in [0.05, 0.1) is 0 Å². The second kappa shape index (κ2) is 6.59. The van der Waals surface area contributed by atoms with Gasteiger partial charge in [-0.3, -0.25) is 4.79 Å². The number of carboxylic acid groups (broad SMARTS) is 1. The average molecular weight is 281 g/mol. The van der Waals surface area contributed by atoms with Crippen LogP contribution in [0, 0.1) is 17.8 Å². The van der Waals surface area contributed by atoms with E-state index in [0.717, 1.165) is 44.4 Å². The minimum atomic E-state index is -0.839. The van der Waals surface area contributed by atoms with Gasteiger partial charge in [0.2, 0.25) is 5.91 Å². The second-order valence-corrected chi connectivity index (χ2v) is 6.74. The fourth-order valence-corrected chi connectivity index (χ4v) is 3.72. The van der Waals surface area contributed by atoms with Crippen LogP contribution in [0.3, 0.4) is 0 Å². The van der Waals surface area contributed by atoms with Crippen molar-refractivity contribution in [1.29, 1.82) is 0 Å². The van der Waals surface area contributed by atoms with Gasteiger partial charge in [-0.05, 0) is 56.8 Å². The Morgan fingerprint density at radius 1 is 1.05 bits per heavy atom. The van der Waals surface area contributed by atoms with Crippen molar-refractivity contribution in [2.24, 2.45) is 17.8 Å². The van der Waals surface area contributed by atoms with E-state index in [-0.39, 0.29) is 11.8 Å². The molecule has 0 aromatic carbocycles. The summed E-state index contributed by atoms with van der Waals surface area (Å²) in [7, 11) is 0. The van der Waals surface area contributed by atoms with Gasteiger partial charge >= 0.3 is 5.97 Å². The highest BCUT2D eigenvalue weighted by Gasteiger charge is 2.36. The molecule has 1 atom stereocenters. The summed E-state index contributed by atoms with van der Waals surface area (Å²) in [6.07, 6.45) is 6.56. The largest absolute Gasteiger partial charge is 0.480 e. The molecule has 1 N–H and O–H groups in total. The Morgan fingerprint density at radius 3 is 2.25 bits per heavy atom. The van der Waals surface area contributed by atoms with E-state index in [9.17, 15) is 14.7 Å². The predicted molar refractivity (Wildman–Crippen MR) is 77.3 cm³/mol. The zero-order valence-electron chi connectivity index (χ0n) is 12.7. The fraction of sp³-hybridized carbons (Fsp3) is 0.875. The van der Waals surface area contributed by atoms with Crippen molar-refractivity contribution < 1.29 is 14.7 Å². The monoisotopic (exact) mass is 281 g/mol. The van der Waals surface area contributed by atoms with Gasteiger partial charge in [-0.1, -0.05) is 13.8 Å². The zero-order valence-corrected chi connectivity index (χ0v) is 12.7. The highest BCUT2D eigenvalue weighted by molar-refractivity contribution is 5.85. The zero-order chi connectivity index (χ0) is 14.7. The Labute approximate surface area is 121 Å². The van der Waals surface area contributed by atoms with Gasteiger partial charge in [0.15, 0.2) is 0 Å². The number of carboxylic acids is 1. The molecule has 0 spiro atoms. The molecule has 0 bridgehead atoms. The van der Waals surface area contributed by atoms with Crippen molar-refractivity contribution in [2.45, 2.75) is 64.8 Å². The minimum Gasteiger partial charge on any atom is -0.480 e. The van der Waals surface area contributed by atoms with E-state index in [1.165, 1.54) is 0 Å². The van der Waals surface area contributed by atoms with Crippen LogP contribution in [-0.4, -0.2) is 34.5 Å². The molecule has 2 aliphatic rings. The lowest BCUT2D eigenvalue weighted by Gasteiger charge is -2.38. The summed E-state index contributed by atoms with van der Waals surface area (Å²) in [6.45, 7) is 5.12. The summed E-state index contributed by atoms with van der Waals surface area (Å²) in [4.78, 5) is 25.6. The topological polar surface area (TPSA) is 57.6 Å². The van der Waals surface area contributed by atoms with Gasteiger partial charge < -0.3 is 10.0 Å². The Morgan fingerprint density at radius 2 is 1.70 bits per heavy atom. The van der Waals surface area contributed by atoms with Gasteiger partial charge in [0, 0.05) is 12.5 Å². The first-order valence-corrected chi connectivity index (χ1v) is 8.04. The number of amides is 1. The van der Waals surface area contributed by atoms with Crippen molar-refractivity contribution in [3.8, 4) is 0 Å². The molecule has 0 aromatic rings. The third-order valence-electron chi connectivity index (χ3n) is 5.13. The lowest BCUT2D eigenvalue weighted by atomic mass is 9.76. The van der Waals surface area contributed by atoms with Crippen molar-refractivity contribution in [3.05, 3.63) is 0 Å². The lowest BCUT2D eigenvalue weighted by Crippen LogP contribution is -2.50. The first-order valence-electron chi connectivity index (χ1n) is 8.04. The van der Waals surface area contributed by atoms with E-state index in [1.54, 1.807) is 4.90 Å². The van der Waals surface area contributed by atoms with Crippen LogP contribution in [0.15, 0.2) is 0 Å². The van der Waals surface area contributed by atoms with Gasteiger partial charge in [0.25, 0.3) is 0 Å². The van der Waals surface area contributed by atoms with Crippen molar-refractivity contribution >= 4 is 11.9 Å². The minimum absolute atomic E-state index is 0.0601. The third-order valence-corrected chi connectivity index (χ3v) is 5.13. The molecular weight excluding hydrogens is 254 g/mol. The van der Waals surface area contributed by atoms with Crippen LogP contribution in [0.5, 0.6) is 0 Å². The normalized spacial score (nSPS) is 31.4. The first-order chi connectivity index (χ1) is 9.50. The molecule has 20 heavy (non-hydrogen) atoms. The molecule has 0 radical (unpaired) electrons. The predicted octanol–water partition coefficient (Wildman–Crippen LogP) is 2.91. The maximum absolute atomic E-state index is 12.6. The average Bonchev–Trinajstić information content (AvgIpc) is 2.46. The standard InChI is InChI=1S/C16H27NO3/c1-11(2)12-6-8-13(9-7-12)15(18)17-10-4-3-5-14(17)16(19)20/h11-14H,3-10H2,1-2H3,(H,19,20)/t12?,13?,14-/m1/s1. The molecule has 2 fully saturated rings. The second-order valence-electron chi connectivity index (χ2n) is 6.74. The number of carbonyl (C=O) groups is 2. The molecule has 1 saturated carbocycles. The smallest absolute Gasteiger partial charge is 0.326 e. The molecular formula is C16H27NO3. The summed E-state index contributed by atoms with van der Waals surface area (Å²) >= 11 is 0. The number of aliphatic carboxylic acids is 1. The quantitative estimate of drug-likeness (QED) is 0.865. The SMILES string of the molecule is CC(C)C1CCC(C(=O)N2CCCC[C@@H]2C(=O)O)CC1. The van der Waals surface area contributed by atoms with E-state index < -0.39 is 12.0 Å². The van der Waals surface area contributed by atoms with Gasteiger partial charge in [0.1, 0.15) is 6.04 Å². The van der Waals surface area contributed by atoms with Crippen LogP contribution >= 0.6 is 0 Å². The third kappa shape index (κ3) is 3.33. The number of likely N-dealkylation sites (tertiary alicyclic amines) is 1. The molecule has 1 aliphatic carbocycles. The molecule has 114 valence electrons. The molecule has 0 unspecified atom stereocenters. The summed E-state index contributed by atoms with van der Waals surface area (Å²) < 4.78 is 0. The van der Waals surface area contributed by atoms with Crippen LogP contribution in [0.25, 0.3) is 0 Å². The molecule has 1 heterocycles. The maximum atomic E-state index is 12.6. The van der Waals surface area contributed by atoms with Crippen LogP contribution in [0.1, 0.15) is 58.8 Å². The van der Waals surface area contributed by atoms with E-state index in [1.807, 2.05) is 0 Å². The lowest BCUT2D eigenvalue weighted by molar-refractivity contribution is -0.154. The Kier molecular flexibility index (Phi) is 5.06. The number of hydrogen-bond donors (Lipinski definition) is 1. The molecule has 0 aromatic heterocycles.